The van der Waals surface area contributed by atoms with Crippen molar-refractivity contribution >= 4 is 6.29 Å². The monoisotopic (exact) mass is 169 g/mol. The van der Waals surface area contributed by atoms with Crippen LogP contribution in [0.5, 0.6) is 0 Å². The molecule has 12 heavy (non-hydrogen) atoms. The summed E-state index contributed by atoms with van der Waals surface area (Å²) < 4.78 is 0. The molecule has 0 aliphatic carbocycles. The smallest absolute Gasteiger partial charge is 0.119 e. The fourth-order valence-electron chi connectivity index (χ4n) is 1.28. The van der Waals surface area contributed by atoms with Gasteiger partial charge in [0, 0.05) is 6.42 Å². The number of carbonyl (C=O) groups excluding carboxylic acids is 1. The summed E-state index contributed by atoms with van der Waals surface area (Å²) in [6.45, 7) is 2.12. The molecule has 0 fully saturated rings. The van der Waals surface area contributed by atoms with Crippen LogP contribution in [0.2, 0.25) is 0 Å². The molecule has 0 aliphatic rings. The highest BCUT2D eigenvalue weighted by Gasteiger charge is 1.90. The molecule has 71 valence electrons. The summed E-state index contributed by atoms with van der Waals surface area (Å²) in [4.78, 5) is 9.97. The first kappa shape index (κ1) is 11.7. The number of carbonyl (C=O) groups is 1. The van der Waals surface area contributed by atoms with Crippen LogP contribution in [0.25, 0.3) is 0 Å². The molecule has 1 nitrogen and oxygen atoms in total. The molecule has 0 bridgehead atoms. The normalized spacial score (nSPS) is 10.1. The van der Waals surface area contributed by atoms with Crippen molar-refractivity contribution in [1.29, 1.82) is 0 Å². The van der Waals surface area contributed by atoms with E-state index in [1.807, 2.05) is 0 Å². The van der Waals surface area contributed by atoms with E-state index in [9.17, 15) is 4.79 Å². The molecule has 0 unspecified atom stereocenters. The highest BCUT2D eigenvalue weighted by Crippen LogP contribution is 2.08. The molecule has 0 N–H and O–H groups in total. The van der Waals surface area contributed by atoms with Gasteiger partial charge < -0.3 is 4.79 Å². The van der Waals surface area contributed by atoms with Gasteiger partial charge in [0.05, 0.1) is 0 Å². The Morgan fingerprint density at radius 2 is 1.33 bits per heavy atom. The fraction of sp³-hybridized carbons (Fsp3) is 0.818. The summed E-state index contributed by atoms with van der Waals surface area (Å²) in [5, 5.41) is 0. The van der Waals surface area contributed by atoms with Crippen LogP contribution in [-0.2, 0) is 4.79 Å². The fourth-order valence-corrected chi connectivity index (χ4v) is 1.28. The van der Waals surface area contributed by atoms with Crippen molar-refractivity contribution < 1.29 is 4.79 Å². The van der Waals surface area contributed by atoms with Crippen LogP contribution in [0.3, 0.4) is 0 Å². The third-order valence-electron chi connectivity index (χ3n) is 2.06. The minimum atomic E-state index is 0.753. The minimum Gasteiger partial charge on any atom is -0.303 e. The zero-order valence-electron chi connectivity index (χ0n) is 8.22. The molecule has 1 heteroatoms. The Labute approximate surface area is 76.6 Å². The maximum atomic E-state index is 9.97. The number of hydrogen-bond donors (Lipinski definition) is 0. The topological polar surface area (TPSA) is 17.1 Å². The average molecular weight is 169 g/mol. The van der Waals surface area contributed by atoms with Crippen LogP contribution < -0.4 is 0 Å². The molecule has 0 saturated carbocycles. The quantitative estimate of drug-likeness (QED) is 0.381. The first-order valence-corrected chi connectivity index (χ1v) is 5.13. The lowest BCUT2D eigenvalue weighted by Crippen LogP contribution is -1.81. The molecule has 0 rings (SSSR count). The molecular weight excluding hydrogens is 148 g/mol. The van der Waals surface area contributed by atoms with Crippen LogP contribution in [0.15, 0.2) is 0 Å². The van der Waals surface area contributed by atoms with E-state index in [1.54, 1.807) is 0 Å². The maximum Gasteiger partial charge on any atom is 0.119 e. The second-order valence-electron chi connectivity index (χ2n) is 3.27. The first-order chi connectivity index (χ1) is 5.91. The Hall–Kier alpha value is -0.330. The summed E-state index contributed by atoms with van der Waals surface area (Å²) >= 11 is 0. The number of aldehydes is 1. The highest BCUT2D eigenvalue weighted by molar-refractivity contribution is 5.48. The molecule has 0 spiro atoms. The zero-order chi connectivity index (χ0) is 9.07. The van der Waals surface area contributed by atoms with Crippen molar-refractivity contribution in [2.24, 2.45) is 0 Å². The van der Waals surface area contributed by atoms with Gasteiger partial charge in [-0.25, -0.2) is 0 Å². The molecule has 0 saturated heterocycles. The zero-order valence-corrected chi connectivity index (χ0v) is 8.22. The molecule has 0 heterocycles. The van der Waals surface area contributed by atoms with Gasteiger partial charge in [0.1, 0.15) is 6.29 Å². The van der Waals surface area contributed by atoms with E-state index in [4.69, 9.17) is 0 Å². The van der Waals surface area contributed by atoms with Gasteiger partial charge in [0.2, 0.25) is 0 Å². The van der Waals surface area contributed by atoms with Gasteiger partial charge in [0.15, 0.2) is 0 Å². The summed E-state index contributed by atoms with van der Waals surface area (Å²) in [7, 11) is 0. The van der Waals surface area contributed by atoms with Crippen molar-refractivity contribution in [2.45, 2.75) is 58.3 Å². The molecular formula is C11H21O. The van der Waals surface area contributed by atoms with Gasteiger partial charge >= 0.3 is 0 Å². The summed E-state index contributed by atoms with van der Waals surface area (Å²) in [6.07, 6.45) is 12.9. The lowest BCUT2D eigenvalue weighted by Gasteiger charge is -1.98. The SMILES string of the molecule is C[CH]CCCCCCCCC=O. The van der Waals surface area contributed by atoms with Gasteiger partial charge in [-0.05, 0) is 12.8 Å². The standard InChI is InChI=1S/C11H21O/c1-2-3-4-5-6-7-8-9-10-11-12/h2,11H,3-10H2,1H3. The molecule has 0 atom stereocenters. The van der Waals surface area contributed by atoms with Crippen molar-refractivity contribution in [3.8, 4) is 0 Å². The summed E-state index contributed by atoms with van der Waals surface area (Å²) in [6, 6.07) is 0. The first-order valence-electron chi connectivity index (χ1n) is 5.13. The highest BCUT2D eigenvalue weighted by atomic mass is 16.1. The lowest BCUT2D eigenvalue weighted by molar-refractivity contribution is -0.107. The van der Waals surface area contributed by atoms with Crippen molar-refractivity contribution in [3.05, 3.63) is 6.42 Å². The predicted octanol–water partition coefficient (Wildman–Crippen LogP) is 3.53. The molecule has 0 aliphatic heterocycles. The van der Waals surface area contributed by atoms with Crippen molar-refractivity contribution in [2.75, 3.05) is 0 Å². The molecule has 0 aromatic heterocycles. The minimum absolute atomic E-state index is 0.753. The van der Waals surface area contributed by atoms with E-state index >= 15 is 0 Å². The molecule has 1 radical (unpaired) electrons. The number of hydrogen-bond acceptors (Lipinski definition) is 1. The Bertz CT molecular complexity index is 89.0. The Morgan fingerprint density at radius 1 is 0.833 bits per heavy atom. The molecule has 0 amide bonds. The van der Waals surface area contributed by atoms with Crippen LogP contribution >= 0.6 is 0 Å². The average Bonchev–Trinajstić information content (AvgIpc) is 2.10. The lowest BCUT2D eigenvalue weighted by atomic mass is 10.1. The summed E-state index contributed by atoms with van der Waals surface area (Å²) in [5.41, 5.74) is 0. The van der Waals surface area contributed by atoms with Crippen molar-refractivity contribution in [1.82, 2.24) is 0 Å². The van der Waals surface area contributed by atoms with Gasteiger partial charge in [-0.3, -0.25) is 0 Å². The Balaban J connectivity index is 2.77. The Kier molecular flexibility index (Phi) is 10.4. The van der Waals surface area contributed by atoms with Crippen LogP contribution in [-0.4, -0.2) is 6.29 Å². The second kappa shape index (κ2) is 10.7. The van der Waals surface area contributed by atoms with Gasteiger partial charge in [-0.15, -0.1) is 0 Å². The Morgan fingerprint density at radius 3 is 1.83 bits per heavy atom. The maximum absolute atomic E-state index is 9.97. The number of unbranched alkanes of at least 4 members (excludes halogenated alkanes) is 8. The number of rotatable bonds is 9. The van der Waals surface area contributed by atoms with E-state index in [-0.39, 0.29) is 0 Å². The van der Waals surface area contributed by atoms with E-state index in [0.29, 0.717) is 0 Å². The van der Waals surface area contributed by atoms with Gasteiger partial charge in [-0.1, -0.05) is 45.4 Å². The van der Waals surface area contributed by atoms with Crippen LogP contribution in [0.1, 0.15) is 58.3 Å². The van der Waals surface area contributed by atoms with Gasteiger partial charge in [-0.2, -0.15) is 0 Å². The summed E-state index contributed by atoms with van der Waals surface area (Å²) in [5.74, 6) is 0. The van der Waals surface area contributed by atoms with Gasteiger partial charge in [0.25, 0.3) is 0 Å². The van der Waals surface area contributed by atoms with Crippen LogP contribution in [0.4, 0.5) is 0 Å². The third kappa shape index (κ3) is 9.67. The van der Waals surface area contributed by atoms with E-state index in [2.05, 4.69) is 13.3 Å². The third-order valence-corrected chi connectivity index (χ3v) is 2.06. The van der Waals surface area contributed by atoms with E-state index in [1.165, 1.54) is 38.5 Å². The van der Waals surface area contributed by atoms with E-state index in [0.717, 1.165) is 19.1 Å². The van der Waals surface area contributed by atoms with E-state index < -0.39 is 0 Å². The molecule has 0 aromatic rings. The largest absolute Gasteiger partial charge is 0.303 e. The van der Waals surface area contributed by atoms with Crippen molar-refractivity contribution in [3.63, 3.8) is 0 Å². The van der Waals surface area contributed by atoms with Crippen LogP contribution in [0, 0.1) is 6.42 Å². The predicted molar refractivity (Wildman–Crippen MR) is 53.0 cm³/mol. The second-order valence-corrected chi connectivity index (χ2v) is 3.27. The molecule has 0 aromatic carbocycles.